The highest BCUT2D eigenvalue weighted by Gasteiger charge is 1.91. The number of para-hydroxylation sites is 1. The molecule has 3 heteroatoms. The Morgan fingerprint density at radius 2 is 1.75 bits per heavy atom. The number of rotatable bonds is 9. The van der Waals surface area contributed by atoms with E-state index in [2.05, 4.69) is 12.2 Å². The quantitative estimate of drug-likeness (QED) is 0.650. The molecular formula is C13H21NO2. The van der Waals surface area contributed by atoms with Gasteiger partial charge in [0.2, 0.25) is 0 Å². The summed E-state index contributed by atoms with van der Waals surface area (Å²) in [7, 11) is 0. The Bertz CT molecular complexity index is 251. The molecule has 1 aromatic rings. The number of hydrogen-bond acceptors (Lipinski definition) is 3. The van der Waals surface area contributed by atoms with Gasteiger partial charge in [-0.25, -0.2) is 0 Å². The summed E-state index contributed by atoms with van der Waals surface area (Å²) in [5.41, 5.74) is 0. The third-order valence-corrected chi connectivity index (χ3v) is 2.06. The van der Waals surface area contributed by atoms with Gasteiger partial charge in [-0.05, 0) is 18.6 Å². The largest absolute Gasteiger partial charge is 0.492 e. The van der Waals surface area contributed by atoms with Crippen LogP contribution < -0.4 is 10.1 Å². The van der Waals surface area contributed by atoms with Crippen LogP contribution in [-0.4, -0.2) is 32.9 Å². The number of benzene rings is 1. The normalized spacial score (nSPS) is 10.3. The van der Waals surface area contributed by atoms with Crippen molar-refractivity contribution >= 4 is 0 Å². The predicted octanol–water partition coefficient (Wildman–Crippen LogP) is 2.08. The molecule has 0 fully saturated rings. The van der Waals surface area contributed by atoms with E-state index in [0.717, 1.165) is 38.5 Å². The monoisotopic (exact) mass is 223 g/mol. The van der Waals surface area contributed by atoms with Crippen LogP contribution in [0.4, 0.5) is 0 Å². The number of nitrogens with one attached hydrogen (secondary N) is 1. The molecule has 0 heterocycles. The van der Waals surface area contributed by atoms with Crippen LogP contribution in [0.3, 0.4) is 0 Å². The molecular weight excluding hydrogens is 202 g/mol. The van der Waals surface area contributed by atoms with Gasteiger partial charge in [-0.1, -0.05) is 25.1 Å². The van der Waals surface area contributed by atoms with Gasteiger partial charge in [0.15, 0.2) is 0 Å². The second kappa shape index (κ2) is 9.19. The molecule has 0 bridgehead atoms. The molecule has 90 valence electrons. The zero-order valence-electron chi connectivity index (χ0n) is 9.95. The summed E-state index contributed by atoms with van der Waals surface area (Å²) >= 11 is 0. The van der Waals surface area contributed by atoms with Gasteiger partial charge < -0.3 is 14.8 Å². The Hall–Kier alpha value is -1.06. The van der Waals surface area contributed by atoms with Crippen molar-refractivity contribution in [2.45, 2.75) is 13.3 Å². The second-order valence-electron chi connectivity index (χ2n) is 3.52. The Morgan fingerprint density at radius 3 is 2.50 bits per heavy atom. The average molecular weight is 223 g/mol. The van der Waals surface area contributed by atoms with Gasteiger partial charge in [-0.3, -0.25) is 0 Å². The Morgan fingerprint density at radius 1 is 1.00 bits per heavy atom. The number of ether oxygens (including phenoxy) is 2. The van der Waals surface area contributed by atoms with Gasteiger partial charge >= 0.3 is 0 Å². The second-order valence-corrected chi connectivity index (χ2v) is 3.52. The molecule has 0 saturated carbocycles. The van der Waals surface area contributed by atoms with Gasteiger partial charge in [-0.2, -0.15) is 0 Å². The lowest BCUT2D eigenvalue weighted by Crippen LogP contribution is -2.25. The van der Waals surface area contributed by atoms with E-state index in [-0.39, 0.29) is 0 Å². The minimum Gasteiger partial charge on any atom is -0.492 e. The molecule has 1 rings (SSSR count). The molecule has 16 heavy (non-hydrogen) atoms. The first kappa shape index (κ1) is 13.0. The number of hydrogen-bond donors (Lipinski definition) is 1. The highest BCUT2D eigenvalue weighted by Crippen LogP contribution is 2.07. The first-order valence-corrected chi connectivity index (χ1v) is 5.90. The van der Waals surface area contributed by atoms with Crippen LogP contribution >= 0.6 is 0 Å². The molecule has 1 aromatic carbocycles. The lowest BCUT2D eigenvalue weighted by atomic mass is 10.3. The van der Waals surface area contributed by atoms with Crippen molar-refractivity contribution in [2.24, 2.45) is 0 Å². The molecule has 0 aliphatic carbocycles. The first-order valence-electron chi connectivity index (χ1n) is 5.90. The van der Waals surface area contributed by atoms with Crippen LogP contribution in [0.15, 0.2) is 30.3 Å². The third kappa shape index (κ3) is 6.43. The van der Waals surface area contributed by atoms with E-state index in [1.54, 1.807) is 0 Å². The van der Waals surface area contributed by atoms with E-state index in [1.807, 2.05) is 30.3 Å². The van der Waals surface area contributed by atoms with Crippen LogP contribution in [-0.2, 0) is 4.74 Å². The summed E-state index contributed by atoms with van der Waals surface area (Å²) < 4.78 is 10.9. The van der Waals surface area contributed by atoms with Gasteiger partial charge in [0.25, 0.3) is 0 Å². The molecule has 0 aliphatic rings. The lowest BCUT2D eigenvalue weighted by Gasteiger charge is -2.07. The van der Waals surface area contributed by atoms with E-state index in [1.165, 1.54) is 0 Å². The van der Waals surface area contributed by atoms with Crippen molar-refractivity contribution in [2.75, 3.05) is 32.9 Å². The van der Waals surface area contributed by atoms with Crippen molar-refractivity contribution in [3.63, 3.8) is 0 Å². The smallest absolute Gasteiger partial charge is 0.119 e. The van der Waals surface area contributed by atoms with Gasteiger partial charge in [0.05, 0.1) is 6.61 Å². The molecule has 0 amide bonds. The van der Waals surface area contributed by atoms with Gasteiger partial charge in [0, 0.05) is 19.7 Å². The van der Waals surface area contributed by atoms with Gasteiger partial charge in [0.1, 0.15) is 12.4 Å². The van der Waals surface area contributed by atoms with Crippen LogP contribution in [0.25, 0.3) is 0 Å². The van der Waals surface area contributed by atoms with Crippen molar-refractivity contribution in [3.05, 3.63) is 30.3 Å². The zero-order chi connectivity index (χ0) is 11.5. The molecule has 0 aromatic heterocycles. The fourth-order valence-electron chi connectivity index (χ4n) is 1.27. The summed E-state index contributed by atoms with van der Waals surface area (Å²) in [5.74, 6) is 0.923. The third-order valence-electron chi connectivity index (χ3n) is 2.06. The van der Waals surface area contributed by atoms with E-state index >= 15 is 0 Å². The summed E-state index contributed by atoms with van der Waals surface area (Å²) in [6.45, 7) is 6.17. The fraction of sp³-hybridized carbons (Fsp3) is 0.538. The minimum absolute atomic E-state index is 0.692. The standard InChI is InChI=1S/C13H21NO2/c1-2-10-15-11-8-14-9-12-16-13-6-4-3-5-7-13/h3-7,14H,2,8-12H2,1H3. The van der Waals surface area contributed by atoms with Gasteiger partial charge in [-0.15, -0.1) is 0 Å². The average Bonchev–Trinajstić information content (AvgIpc) is 2.34. The topological polar surface area (TPSA) is 30.5 Å². The maximum atomic E-state index is 5.53. The van der Waals surface area contributed by atoms with Crippen LogP contribution in [0.2, 0.25) is 0 Å². The molecule has 0 spiro atoms. The Kier molecular flexibility index (Phi) is 7.47. The van der Waals surface area contributed by atoms with Crippen molar-refractivity contribution in [1.82, 2.24) is 5.32 Å². The van der Waals surface area contributed by atoms with E-state index in [0.29, 0.717) is 6.61 Å². The summed E-state index contributed by atoms with van der Waals surface area (Å²) in [6.07, 6.45) is 1.08. The summed E-state index contributed by atoms with van der Waals surface area (Å²) in [5, 5.41) is 3.26. The predicted molar refractivity (Wildman–Crippen MR) is 65.9 cm³/mol. The summed E-state index contributed by atoms with van der Waals surface area (Å²) in [4.78, 5) is 0. The first-order chi connectivity index (χ1) is 7.93. The van der Waals surface area contributed by atoms with E-state index < -0.39 is 0 Å². The summed E-state index contributed by atoms with van der Waals surface area (Å²) in [6, 6.07) is 9.85. The molecule has 1 N–H and O–H groups in total. The SMILES string of the molecule is CCCOCCNCCOc1ccccc1. The van der Waals surface area contributed by atoms with E-state index in [9.17, 15) is 0 Å². The molecule has 3 nitrogen and oxygen atoms in total. The van der Waals surface area contributed by atoms with E-state index in [4.69, 9.17) is 9.47 Å². The minimum atomic E-state index is 0.692. The van der Waals surface area contributed by atoms with Crippen molar-refractivity contribution in [3.8, 4) is 5.75 Å². The maximum absolute atomic E-state index is 5.53. The Balaban J connectivity index is 1.89. The lowest BCUT2D eigenvalue weighted by molar-refractivity contribution is 0.135. The maximum Gasteiger partial charge on any atom is 0.119 e. The molecule has 0 aliphatic heterocycles. The highest BCUT2D eigenvalue weighted by atomic mass is 16.5. The zero-order valence-corrected chi connectivity index (χ0v) is 9.95. The Labute approximate surface area is 97.8 Å². The molecule has 0 unspecified atom stereocenters. The van der Waals surface area contributed by atoms with Crippen molar-refractivity contribution in [1.29, 1.82) is 0 Å². The molecule has 0 radical (unpaired) electrons. The van der Waals surface area contributed by atoms with Crippen LogP contribution in [0.5, 0.6) is 5.75 Å². The highest BCUT2D eigenvalue weighted by molar-refractivity contribution is 5.20. The van der Waals surface area contributed by atoms with Crippen molar-refractivity contribution < 1.29 is 9.47 Å². The molecule has 0 atom stereocenters. The van der Waals surface area contributed by atoms with Crippen LogP contribution in [0.1, 0.15) is 13.3 Å². The fourth-order valence-corrected chi connectivity index (χ4v) is 1.27. The van der Waals surface area contributed by atoms with Crippen LogP contribution in [0, 0.1) is 0 Å². The molecule has 0 saturated heterocycles.